The number of amides is 1. The fourth-order valence-electron chi connectivity index (χ4n) is 1.70. The van der Waals surface area contributed by atoms with Crippen molar-refractivity contribution < 1.29 is 18.3 Å². The van der Waals surface area contributed by atoms with E-state index >= 15 is 0 Å². The summed E-state index contributed by atoms with van der Waals surface area (Å²) in [5, 5.41) is 2.61. The van der Waals surface area contributed by atoms with Crippen LogP contribution in [0.3, 0.4) is 0 Å². The normalized spacial score (nSPS) is 14.0. The Kier molecular flexibility index (Phi) is 6.02. The quantitative estimate of drug-likeness (QED) is 0.816. The maximum atomic E-state index is 12.2. The number of alkyl halides is 3. The summed E-state index contributed by atoms with van der Waals surface area (Å²) in [5.41, 5.74) is 0.0804. The van der Waals surface area contributed by atoms with Gasteiger partial charge >= 0.3 is 6.61 Å². The van der Waals surface area contributed by atoms with E-state index < -0.39 is 12.5 Å². The zero-order valence-electron chi connectivity index (χ0n) is 10.7. The summed E-state index contributed by atoms with van der Waals surface area (Å²) in [6.07, 6.45) is 0.588. The molecule has 2 unspecified atom stereocenters. The minimum atomic E-state index is -2.96. The number of hydrogen-bond acceptors (Lipinski definition) is 2. The van der Waals surface area contributed by atoms with Crippen molar-refractivity contribution in [3.05, 3.63) is 29.8 Å². The van der Waals surface area contributed by atoms with Crippen molar-refractivity contribution >= 4 is 17.5 Å². The number of carbonyl (C=O) groups is 1. The lowest BCUT2D eigenvalue weighted by Gasteiger charge is -2.16. The van der Waals surface area contributed by atoms with Crippen LogP contribution in [0.1, 0.15) is 30.6 Å². The molecule has 1 amide bonds. The summed E-state index contributed by atoms with van der Waals surface area (Å²) in [6, 6.07) is 5.72. The van der Waals surface area contributed by atoms with Crippen LogP contribution in [0.5, 0.6) is 5.75 Å². The maximum Gasteiger partial charge on any atom is 0.387 e. The van der Waals surface area contributed by atoms with Crippen LogP contribution >= 0.6 is 11.6 Å². The van der Waals surface area contributed by atoms with Crippen molar-refractivity contribution in [2.45, 2.75) is 38.3 Å². The second kappa shape index (κ2) is 7.28. The first-order valence-corrected chi connectivity index (χ1v) is 6.32. The van der Waals surface area contributed by atoms with Crippen molar-refractivity contribution in [1.82, 2.24) is 5.32 Å². The average molecular weight is 292 g/mol. The minimum Gasteiger partial charge on any atom is -0.434 e. The van der Waals surface area contributed by atoms with Crippen molar-refractivity contribution in [3.8, 4) is 5.75 Å². The van der Waals surface area contributed by atoms with Crippen LogP contribution in [-0.2, 0) is 0 Å². The van der Waals surface area contributed by atoms with Gasteiger partial charge in [-0.3, -0.25) is 4.79 Å². The van der Waals surface area contributed by atoms with Gasteiger partial charge < -0.3 is 10.1 Å². The Balaban J connectivity index is 2.76. The Labute approximate surface area is 115 Å². The van der Waals surface area contributed by atoms with Gasteiger partial charge in [0.1, 0.15) is 5.75 Å². The van der Waals surface area contributed by atoms with Crippen molar-refractivity contribution in [3.63, 3.8) is 0 Å². The van der Waals surface area contributed by atoms with E-state index in [2.05, 4.69) is 10.1 Å². The topological polar surface area (TPSA) is 38.3 Å². The molecule has 1 aromatic rings. The molecule has 6 heteroatoms. The molecule has 0 aliphatic carbocycles. The highest BCUT2D eigenvalue weighted by Crippen LogP contribution is 2.20. The van der Waals surface area contributed by atoms with Crippen molar-refractivity contribution in [1.29, 1.82) is 0 Å². The molecule has 0 heterocycles. The Hall–Kier alpha value is -1.36. The summed E-state index contributed by atoms with van der Waals surface area (Å²) in [6.45, 7) is 0.653. The lowest BCUT2D eigenvalue weighted by molar-refractivity contribution is -0.0501. The predicted molar refractivity (Wildman–Crippen MR) is 69.9 cm³/mol. The van der Waals surface area contributed by atoms with Crippen LogP contribution in [0.25, 0.3) is 0 Å². The maximum absolute atomic E-state index is 12.2. The molecular formula is C13H16ClF2NO2. The van der Waals surface area contributed by atoms with Crippen LogP contribution in [-0.4, -0.2) is 23.9 Å². The van der Waals surface area contributed by atoms with Gasteiger partial charge in [0.05, 0.1) is 5.56 Å². The largest absolute Gasteiger partial charge is 0.434 e. The summed E-state index contributed by atoms with van der Waals surface area (Å²) in [4.78, 5) is 12.0. The fourth-order valence-corrected chi connectivity index (χ4v) is 1.97. The van der Waals surface area contributed by atoms with Crippen LogP contribution in [0.2, 0.25) is 0 Å². The van der Waals surface area contributed by atoms with Gasteiger partial charge in [-0.2, -0.15) is 8.78 Å². The highest BCUT2D eigenvalue weighted by molar-refractivity contribution is 6.20. The molecule has 1 N–H and O–H groups in total. The third kappa shape index (κ3) is 5.42. The zero-order valence-corrected chi connectivity index (χ0v) is 11.5. The number of ether oxygens (including phenoxy) is 1. The lowest BCUT2D eigenvalue weighted by Crippen LogP contribution is -2.34. The molecule has 0 saturated carbocycles. The average Bonchev–Trinajstić information content (AvgIpc) is 2.27. The molecule has 0 saturated heterocycles. The number of hydrogen-bond donors (Lipinski definition) is 1. The molecule has 0 aliphatic rings. The van der Waals surface area contributed by atoms with Crippen LogP contribution in [0.4, 0.5) is 8.78 Å². The Bertz CT molecular complexity index is 427. The second-order valence-electron chi connectivity index (χ2n) is 4.27. The zero-order chi connectivity index (χ0) is 14.4. The predicted octanol–water partition coefficient (Wildman–Crippen LogP) is 3.42. The van der Waals surface area contributed by atoms with Gasteiger partial charge in [0, 0.05) is 11.4 Å². The van der Waals surface area contributed by atoms with Gasteiger partial charge in [-0.05, 0) is 32.4 Å². The number of carbonyl (C=O) groups excluding carboxylic acids is 1. The van der Waals surface area contributed by atoms with Gasteiger partial charge in [-0.1, -0.05) is 12.1 Å². The third-order valence-corrected chi connectivity index (χ3v) is 2.58. The SMILES string of the molecule is CC(Cl)CC(C)NC(=O)c1ccccc1OC(F)F. The van der Waals surface area contributed by atoms with Gasteiger partial charge in [0.15, 0.2) is 0 Å². The molecule has 0 radical (unpaired) electrons. The van der Waals surface area contributed by atoms with E-state index in [4.69, 9.17) is 11.6 Å². The standard InChI is InChI=1S/C13H16ClF2NO2/c1-8(14)7-9(2)17-12(18)10-5-3-4-6-11(10)19-13(15)16/h3-6,8-9,13H,7H2,1-2H3,(H,17,18). The van der Waals surface area contributed by atoms with Gasteiger partial charge in [-0.25, -0.2) is 0 Å². The Morgan fingerprint density at radius 1 is 1.37 bits per heavy atom. The minimum absolute atomic E-state index is 0.0804. The molecule has 106 valence electrons. The number of para-hydroxylation sites is 1. The molecular weight excluding hydrogens is 276 g/mol. The molecule has 1 rings (SSSR count). The van der Waals surface area contributed by atoms with E-state index in [-0.39, 0.29) is 22.7 Å². The fraction of sp³-hybridized carbons (Fsp3) is 0.462. The van der Waals surface area contributed by atoms with Gasteiger partial charge in [0.25, 0.3) is 5.91 Å². The highest BCUT2D eigenvalue weighted by Gasteiger charge is 2.17. The van der Waals surface area contributed by atoms with Crippen molar-refractivity contribution in [2.75, 3.05) is 0 Å². The summed E-state index contributed by atoms with van der Waals surface area (Å²) < 4.78 is 28.8. The van der Waals surface area contributed by atoms with Crippen LogP contribution in [0, 0.1) is 0 Å². The first-order valence-electron chi connectivity index (χ1n) is 5.89. The molecule has 0 aromatic heterocycles. The van der Waals surface area contributed by atoms with Gasteiger partial charge in [-0.15, -0.1) is 11.6 Å². The first-order chi connectivity index (χ1) is 8.90. The van der Waals surface area contributed by atoms with E-state index in [1.807, 2.05) is 6.92 Å². The van der Waals surface area contributed by atoms with Crippen molar-refractivity contribution in [2.24, 2.45) is 0 Å². The molecule has 0 spiro atoms. The number of halogens is 3. The molecule has 0 fully saturated rings. The third-order valence-electron chi connectivity index (χ3n) is 2.40. The van der Waals surface area contributed by atoms with E-state index in [9.17, 15) is 13.6 Å². The van der Waals surface area contributed by atoms with E-state index in [1.165, 1.54) is 18.2 Å². The monoisotopic (exact) mass is 291 g/mol. The molecule has 3 nitrogen and oxygen atoms in total. The number of benzene rings is 1. The van der Waals surface area contributed by atoms with E-state index in [1.54, 1.807) is 13.0 Å². The Morgan fingerprint density at radius 2 is 2.00 bits per heavy atom. The van der Waals surface area contributed by atoms with E-state index in [0.717, 1.165) is 0 Å². The second-order valence-corrected chi connectivity index (χ2v) is 5.01. The molecule has 19 heavy (non-hydrogen) atoms. The molecule has 0 aliphatic heterocycles. The lowest BCUT2D eigenvalue weighted by atomic mass is 10.1. The highest BCUT2D eigenvalue weighted by atomic mass is 35.5. The first kappa shape index (κ1) is 15.7. The Morgan fingerprint density at radius 3 is 2.58 bits per heavy atom. The van der Waals surface area contributed by atoms with Gasteiger partial charge in [0.2, 0.25) is 0 Å². The molecule has 2 atom stereocenters. The van der Waals surface area contributed by atoms with Crippen LogP contribution < -0.4 is 10.1 Å². The summed E-state index contributed by atoms with van der Waals surface area (Å²) >= 11 is 5.83. The summed E-state index contributed by atoms with van der Waals surface area (Å²) in [7, 11) is 0. The molecule has 0 bridgehead atoms. The number of nitrogens with one attached hydrogen (secondary N) is 1. The van der Waals surface area contributed by atoms with E-state index in [0.29, 0.717) is 6.42 Å². The summed E-state index contributed by atoms with van der Waals surface area (Å²) in [5.74, 6) is -0.595. The van der Waals surface area contributed by atoms with Crippen LogP contribution in [0.15, 0.2) is 24.3 Å². The molecule has 1 aromatic carbocycles. The smallest absolute Gasteiger partial charge is 0.387 e. The number of rotatable bonds is 6.